The van der Waals surface area contributed by atoms with Crippen LogP contribution in [-0.2, 0) is 25.3 Å². The van der Waals surface area contributed by atoms with E-state index in [0.717, 1.165) is 10.7 Å². The molecule has 3 aromatic heterocycles. The Kier molecular flexibility index (Phi) is 10.1. The molecule has 4 rings (SSSR count). The van der Waals surface area contributed by atoms with E-state index >= 15 is 0 Å². The highest BCUT2D eigenvalue weighted by Gasteiger charge is 2.48. The van der Waals surface area contributed by atoms with Gasteiger partial charge in [0, 0.05) is 30.0 Å². The van der Waals surface area contributed by atoms with Crippen LogP contribution in [0.4, 0.5) is 26.3 Å². The van der Waals surface area contributed by atoms with Crippen LogP contribution in [0.15, 0.2) is 36.5 Å². The van der Waals surface area contributed by atoms with Gasteiger partial charge in [-0.2, -0.15) is 53.3 Å². The van der Waals surface area contributed by atoms with Crippen molar-refractivity contribution in [1.29, 1.82) is 5.26 Å². The average molecular weight is 685 g/mol. The molecule has 1 atom stereocenters. The molecule has 0 saturated heterocycles. The van der Waals surface area contributed by atoms with Gasteiger partial charge in [-0.1, -0.05) is 11.6 Å². The number of amides is 1. The number of aromatic nitrogens is 6. The Morgan fingerprint density at radius 3 is 2.30 bits per heavy atom. The van der Waals surface area contributed by atoms with Crippen LogP contribution in [-0.4, -0.2) is 59.5 Å². The van der Waals surface area contributed by atoms with Crippen molar-refractivity contribution in [2.24, 2.45) is 0 Å². The van der Waals surface area contributed by atoms with E-state index in [2.05, 4.69) is 25.6 Å². The molecule has 1 N–H and O–H groups in total. The fourth-order valence-corrected chi connectivity index (χ4v) is 5.29. The zero-order chi connectivity index (χ0) is 34.0. The molecule has 18 heteroatoms. The summed E-state index contributed by atoms with van der Waals surface area (Å²) in [4.78, 5) is 31.4. The van der Waals surface area contributed by atoms with E-state index in [-0.39, 0.29) is 49.8 Å². The first kappa shape index (κ1) is 34.4. The van der Waals surface area contributed by atoms with Crippen molar-refractivity contribution < 1.29 is 35.9 Å². The van der Waals surface area contributed by atoms with Crippen LogP contribution in [0.5, 0.6) is 0 Å². The Morgan fingerprint density at radius 2 is 1.74 bits per heavy atom. The smallest absolute Gasteiger partial charge is 0.349 e. The summed E-state index contributed by atoms with van der Waals surface area (Å²) in [6.45, 7) is 2.62. The van der Waals surface area contributed by atoms with Crippen LogP contribution in [0.2, 0.25) is 5.02 Å². The Labute approximate surface area is 266 Å². The number of Topliss-reactive ketones (excluding diaryl/α,β-unsaturated/α-hetero) is 1. The minimum absolute atomic E-state index is 0.0273. The van der Waals surface area contributed by atoms with E-state index in [9.17, 15) is 41.2 Å². The van der Waals surface area contributed by atoms with Crippen molar-refractivity contribution in [2.45, 2.75) is 45.2 Å². The third-order valence-corrected chi connectivity index (χ3v) is 7.59. The van der Waals surface area contributed by atoms with Crippen molar-refractivity contribution in [3.05, 3.63) is 86.6 Å². The summed E-state index contributed by atoms with van der Waals surface area (Å²) in [6, 6.07) is 8.66. The van der Waals surface area contributed by atoms with Gasteiger partial charge in [0.1, 0.15) is 12.2 Å². The Morgan fingerprint density at radius 1 is 1.09 bits per heavy atom. The molecule has 46 heavy (non-hydrogen) atoms. The van der Waals surface area contributed by atoms with Gasteiger partial charge in [-0.15, -0.1) is 10.2 Å². The van der Waals surface area contributed by atoms with Crippen molar-refractivity contribution in [2.75, 3.05) is 12.0 Å². The van der Waals surface area contributed by atoms with Crippen molar-refractivity contribution in [3.63, 3.8) is 0 Å². The molecule has 242 valence electrons. The highest BCUT2D eigenvalue weighted by molar-refractivity contribution is 7.98. The second-order valence-corrected chi connectivity index (χ2v) is 11.3. The van der Waals surface area contributed by atoms with Gasteiger partial charge in [0.05, 0.1) is 22.3 Å². The number of aryl methyl sites for hydroxylation is 1. The minimum atomic E-state index is -5.44. The lowest BCUT2D eigenvalue weighted by atomic mass is 9.93. The Hall–Kier alpha value is -4.43. The molecule has 0 aliphatic rings. The first-order valence-corrected chi connectivity index (χ1v) is 15.0. The van der Waals surface area contributed by atoms with E-state index in [0.29, 0.717) is 11.3 Å². The van der Waals surface area contributed by atoms with Gasteiger partial charge in [0.2, 0.25) is 0 Å². The van der Waals surface area contributed by atoms with Crippen LogP contribution < -0.4 is 5.32 Å². The van der Waals surface area contributed by atoms with Gasteiger partial charge in [0.15, 0.2) is 23.0 Å². The van der Waals surface area contributed by atoms with Gasteiger partial charge in [-0.25, -0.2) is 9.67 Å². The summed E-state index contributed by atoms with van der Waals surface area (Å²) in [5.41, 5.74) is -3.82. The van der Waals surface area contributed by atoms with Gasteiger partial charge in [0.25, 0.3) is 5.91 Å². The molecular weight excluding hydrogens is 662 g/mol. The number of benzene rings is 1. The zero-order valence-electron chi connectivity index (χ0n) is 24.2. The molecular formula is C28H23ClF6N8O2S. The number of nitrogens with zero attached hydrogens (tertiary/aromatic N) is 7. The van der Waals surface area contributed by atoms with E-state index in [1.54, 1.807) is 13.8 Å². The lowest BCUT2D eigenvalue weighted by Gasteiger charge is -2.17. The van der Waals surface area contributed by atoms with Gasteiger partial charge < -0.3 is 5.32 Å². The number of nitriles is 1. The molecule has 1 amide bonds. The molecule has 0 fully saturated rings. The lowest BCUT2D eigenvalue weighted by Crippen LogP contribution is -2.35. The Balaban J connectivity index is 1.78. The molecule has 4 aromatic rings. The number of carbonyl (C=O) groups excluding carboxylic acids is 2. The summed E-state index contributed by atoms with van der Waals surface area (Å²) in [5, 5.41) is 22.5. The number of rotatable bonds is 10. The minimum Gasteiger partial charge on any atom is -0.349 e. The molecule has 0 aliphatic heterocycles. The molecule has 10 nitrogen and oxygen atoms in total. The number of ketones is 1. The van der Waals surface area contributed by atoms with E-state index in [4.69, 9.17) is 11.6 Å². The van der Waals surface area contributed by atoms with Crippen molar-refractivity contribution >= 4 is 35.1 Å². The maximum absolute atomic E-state index is 13.8. The molecule has 0 spiro atoms. The molecule has 0 saturated carbocycles. The molecule has 0 unspecified atom stereocenters. The normalized spacial score (nSPS) is 12.5. The van der Waals surface area contributed by atoms with Crippen LogP contribution in [0, 0.1) is 18.3 Å². The number of pyridine rings is 1. The maximum atomic E-state index is 13.8. The summed E-state index contributed by atoms with van der Waals surface area (Å²) in [5.74, 6) is -0.624. The third kappa shape index (κ3) is 7.68. The number of hydrogen-bond acceptors (Lipinski definition) is 8. The maximum Gasteiger partial charge on any atom is 0.437 e. The summed E-state index contributed by atoms with van der Waals surface area (Å²) < 4.78 is 80.8. The fourth-order valence-electron chi connectivity index (χ4n) is 4.51. The first-order valence-electron chi connectivity index (χ1n) is 13.2. The van der Waals surface area contributed by atoms with E-state index in [1.165, 1.54) is 42.2 Å². The molecule has 1 aromatic carbocycles. The topological polar surface area (TPSA) is 131 Å². The van der Waals surface area contributed by atoms with E-state index in [1.807, 2.05) is 12.3 Å². The van der Waals surface area contributed by atoms with E-state index < -0.39 is 48.4 Å². The zero-order valence-corrected chi connectivity index (χ0v) is 25.7. The molecule has 0 bridgehead atoms. The fraction of sp³-hybridized carbons (Fsp3) is 0.321. The lowest BCUT2D eigenvalue weighted by molar-refractivity contribution is -0.165. The Bertz CT molecular complexity index is 1800. The molecule has 0 radical (unpaired) electrons. The summed E-state index contributed by atoms with van der Waals surface area (Å²) >= 11 is 7.80. The number of thioether (sulfide) groups is 1. The molecule has 0 aliphatic carbocycles. The van der Waals surface area contributed by atoms with Crippen molar-refractivity contribution in [1.82, 2.24) is 35.1 Å². The van der Waals surface area contributed by atoms with Crippen LogP contribution >= 0.6 is 23.4 Å². The summed E-state index contributed by atoms with van der Waals surface area (Å²) in [6.07, 6.45) is -8.09. The number of halogens is 7. The number of alkyl halides is 6. The number of carbonyl (C=O) groups is 2. The second-order valence-electron chi connectivity index (χ2n) is 10.0. The summed E-state index contributed by atoms with van der Waals surface area (Å²) in [7, 11) is 0. The first-order chi connectivity index (χ1) is 21.5. The highest BCUT2D eigenvalue weighted by Crippen LogP contribution is 2.38. The number of hydrogen-bond donors (Lipinski definition) is 1. The average Bonchev–Trinajstić information content (AvgIpc) is 3.59. The third-order valence-electron chi connectivity index (χ3n) is 6.46. The van der Waals surface area contributed by atoms with Crippen LogP contribution in [0.3, 0.4) is 0 Å². The SMILES string of the molecule is CSC[C@H](C)NC(=O)c1cc(C#N)cc(C)c1CC(=O)c1cc(Cn2nc(C(F)(F)F)c(C(F)(F)F)n2)nn1-c1ncccc1Cl. The van der Waals surface area contributed by atoms with Crippen molar-refractivity contribution in [3.8, 4) is 11.9 Å². The molecule has 3 heterocycles. The standard InChI is InChI=1S/C28H23ClF6N8O2S/c1-14-7-16(11-36)8-19(26(45)38-15(2)13-46-3)18(14)10-22(44)21-9-17(39-43(21)25-20(29)5-4-6-37-25)12-42-40-23(27(30,31)32)24(41-42)28(33,34)35/h4-9,15H,10,12-13H2,1-3H3,(H,38,45)/t15-/m0/s1. The van der Waals surface area contributed by atoms with Crippen LogP contribution in [0.25, 0.3) is 5.82 Å². The van der Waals surface area contributed by atoms with Gasteiger partial charge in [-0.3, -0.25) is 9.59 Å². The predicted molar refractivity (Wildman–Crippen MR) is 155 cm³/mol. The quantitative estimate of drug-likeness (QED) is 0.167. The van der Waals surface area contributed by atoms with Gasteiger partial charge >= 0.3 is 12.4 Å². The largest absolute Gasteiger partial charge is 0.437 e. The number of nitrogens with one attached hydrogen (secondary N) is 1. The predicted octanol–water partition coefficient (Wildman–Crippen LogP) is 5.68. The monoisotopic (exact) mass is 684 g/mol. The van der Waals surface area contributed by atoms with Crippen LogP contribution in [0.1, 0.15) is 61.5 Å². The second kappa shape index (κ2) is 13.5. The van der Waals surface area contributed by atoms with Gasteiger partial charge in [-0.05, 0) is 61.6 Å². The highest BCUT2D eigenvalue weighted by atomic mass is 35.5.